The SMILES string of the molecule is Nc1ccc(C(F)(F)F)cc1CCC1CCNCC1. The summed E-state index contributed by atoms with van der Waals surface area (Å²) in [6.45, 7) is 2.01. The molecule has 3 N–H and O–H groups in total. The quantitative estimate of drug-likeness (QED) is 0.829. The predicted molar refractivity (Wildman–Crippen MR) is 69.8 cm³/mol. The molecule has 1 fully saturated rings. The number of benzene rings is 1. The molecule has 1 aliphatic rings. The summed E-state index contributed by atoms with van der Waals surface area (Å²) >= 11 is 0. The van der Waals surface area contributed by atoms with E-state index in [0.717, 1.165) is 38.4 Å². The van der Waals surface area contributed by atoms with Gasteiger partial charge in [0.2, 0.25) is 0 Å². The van der Waals surface area contributed by atoms with E-state index in [0.29, 0.717) is 23.6 Å². The Balaban J connectivity index is 2.02. The number of rotatable bonds is 3. The van der Waals surface area contributed by atoms with Gasteiger partial charge in [-0.25, -0.2) is 0 Å². The zero-order valence-electron chi connectivity index (χ0n) is 10.8. The highest BCUT2D eigenvalue weighted by molar-refractivity contribution is 5.49. The van der Waals surface area contributed by atoms with E-state index < -0.39 is 11.7 Å². The zero-order valence-corrected chi connectivity index (χ0v) is 10.8. The molecule has 0 unspecified atom stereocenters. The molecular weight excluding hydrogens is 253 g/mol. The predicted octanol–water partition coefficient (Wildman–Crippen LogP) is 3.22. The fourth-order valence-electron chi connectivity index (χ4n) is 2.53. The minimum atomic E-state index is -4.29. The van der Waals surface area contributed by atoms with E-state index in [1.807, 2.05) is 0 Å². The molecule has 0 saturated carbocycles. The molecule has 1 aromatic rings. The van der Waals surface area contributed by atoms with Gasteiger partial charge in [0, 0.05) is 5.69 Å². The van der Waals surface area contributed by atoms with Crippen LogP contribution in [0.4, 0.5) is 18.9 Å². The zero-order chi connectivity index (χ0) is 13.9. The van der Waals surface area contributed by atoms with Crippen molar-refractivity contribution in [2.75, 3.05) is 18.8 Å². The van der Waals surface area contributed by atoms with Crippen LogP contribution >= 0.6 is 0 Å². The van der Waals surface area contributed by atoms with Crippen molar-refractivity contribution in [3.8, 4) is 0 Å². The number of nitrogens with two attached hydrogens (primary N) is 1. The van der Waals surface area contributed by atoms with Gasteiger partial charge < -0.3 is 11.1 Å². The van der Waals surface area contributed by atoms with Gasteiger partial charge in [0.1, 0.15) is 0 Å². The Morgan fingerprint density at radius 2 is 1.89 bits per heavy atom. The summed E-state index contributed by atoms with van der Waals surface area (Å²) in [4.78, 5) is 0. The monoisotopic (exact) mass is 272 g/mol. The average molecular weight is 272 g/mol. The molecule has 106 valence electrons. The fourth-order valence-corrected chi connectivity index (χ4v) is 2.53. The van der Waals surface area contributed by atoms with Crippen LogP contribution in [0.25, 0.3) is 0 Å². The molecule has 0 aromatic heterocycles. The molecule has 1 saturated heterocycles. The van der Waals surface area contributed by atoms with Crippen LogP contribution in [-0.4, -0.2) is 13.1 Å². The van der Waals surface area contributed by atoms with Crippen molar-refractivity contribution in [1.82, 2.24) is 5.32 Å². The van der Waals surface area contributed by atoms with Crippen molar-refractivity contribution in [2.45, 2.75) is 31.9 Å². The minimum Gasteiger partial charge on any atom is -0.399 e. The highest BCUT2D eigenvalue weighted by atomic mass is 19.4. The van der Waals surface area contributed by atoms with Crippen molar-refractivity contribution < 1.29 is 13.2 Å². The van der Waals surface area contributed by atoms with E-state index in [1.54, 1.807) is 0 Å². The van der Waals surface area contributed by atoms with Gasteiger partial charge >= 0.3 is 6.18 Å². The Kier molecular flexibility index (Phi) is 4.34. The molecule has 5 heteroatoms. The first kappa shape index (κ1) is 14.2. The van der Waals surface area contributed by atoms with Crippen LogP contribution in [0.15, 0.2) is 18.2 Å². The maximum Gasteiger partial charge on any atom is 0.416 e. The molecular formula is C14H19F3N2. The molecule has 0 aliphatic carbocycles. The van der Waals surface area contributed by atoms with Gasteiger partial charge in [0.25, 0.3) is 0 Å². The standard InChI is InChI=1S/C14H19F3N2/c15-14(16,17)12-3-4-13(18)11(9-12)2-1-10-5-7-19-8-6-10/h3-4,9-10,19H,1-2,5-8,18H2. The molecule has 1 aliphatic heterocycles. The molecule has 0 bridgehead atoms. The summed E-state index contributed by atoms with van der Waals surface area (Å²) in [6.07, 6.45) is -0.567. The molecule has 0 spiro atoms. The van der Waals surface area contributed by atoms with Gasteiger partial charge in [-0.1, -0.05) is 0 Å². The third-order valence-electron chi connectivity index (χ3n) is 3.75. The van der Waals surface area contributed by atoms with Gasteiger partial charge in [0.15, 0.2) is 0 Å². The Morgan fingerprint density at radius 3 is 2.53 bits per heavy atom. The van der Waals surface area contributed by atoms with Gasteiger partial charge in [-0.3, -0.25) is 0 Å². The van der Waals surface area contributed by atoms with Gasteiger partial charge in [-0.15, -0.1) is 0 Å². The van der Waals surface area contributed by atoms with Crippen molar-refractivity contribution in [3.05, 3.63) is 29.3 Å². The smallest absolute Gasteiger partial charge is 0.399 e. The van der Waals surface area contributed by atoms with E-state index in [2.05, 4.69) is 5.32 Å². The topological polar surface area (TPSA) is 38.0 Å². The summed E-state index contributed by atoms with van der Waals surface area (Å²) in [5, 5.41) is 3.28. The summed E-state index contributed by atoms with van der Waals surface area (Å²) in [7, 11) is 0. The number of halogens is 3. The van der Waals surface area contributed by atoms with Gasteiger partial charge in [0.05, 0.1) is 5.56 Å². The Bertz CT molecular complexity index is 423. The van der Waals surface area contributed by atoms with E-state index in [9.17, 15) is 13.2 Å². The third-order valence-corrected chi connectivity index (χ3v) is 3.75. The van der Waals surface area contributed by atoms with Gasteiger partial charge in [-0.05, 0) is 68.5 Å². The van der Waals surface area contributed by atoms with E-state index >= 15 is 0 Å². The maximum atomic E-state index is 12.6. The number of hydrogen-bond donors (Lipinski definition) is 2. The molecule has 2 rings (SSSR count). The first-order chi connectivity index (χ1) is 8.97. The first-order valence-corrected chi connectivity index (χ1v) is 6.63. The molecule has 0 amide bonds. The largest absolute Gasteiger partial charge is 0.416 e. The van der Waals surface area contributed by atoms with Crippen LogP contribution < -0.4 is 11.1 Å². The lowest BCUT2D eigenvalue weighted by atomic mass is 9.90. The normalized spacial score (nSPS) is 17.6. The molecule has 19 heavy (non-hydrogen) atoms. The van der Waals surface area contributed by atoms with Crippen LogP contribution in [0.2, 0.25) is 0 Å². The number of anilines is 1. The molecule has 1 aromatic carbocycles. The molecule has 0 atom stereocenters. The first-order valence-electron chi connectivity index (χ1n) is 6.63. The van der Waals surface area contributed by atoms with Crippen LogP contribution in [0.5, 0.6) is 0 Å². The summed E-state index contributed by atoms with van der Waals surface area (Å²) in [6, 6.07) is 3.60. The van der Waals surface area contributed by atoms with E-state index in [-0.39, 0.29) is 0 Å². The number of nitrogen functional groups attached to an aromatic ring is 1. The summed E-state index contributed by atoms with van der Waals surface area (Å²) < 4.78 is 37.9. The van der Waals surface area contributed by atoms with Gasteiger partial charge in [-0.2, -0.15) is 13.2 Å². The third kappa shape index (κ3) is 3.86. The number of piperidine rings is 1. The minimum absolute atomic E-state index is 0.460. The summed E-state index contributed by atoms with van der Waals surface area (Å²) in [5.74, 6) is 0.593. The Labute approximate surface area is 111 Å². The second kappa shape index (κ2) is 5.82. The summed E-state index contributed by atoms with van der Waals surface area (Å²) in [5.41, 5.74) is 6.24. The molecule has 1 heterocycles. The maximum absolute atomic E-state index is 12.6. The number of alkyl halides is 3. The second-order valence-electron chi connectivity index (χ2n) is 5.14. The average Bonchev–Trinajstić information content (AvgIpc) is 2.37. The van der Waals surface area contributed by atoms with E-state index in [1.165, 1.54) is 12.1 Å². The van der Waals surface area contributed by atoms with Crippen molar-refractivity contribution in [2.24, 2.45) is 5.92 Å². The second-order valence-corrected chi connectivity index (χ2v) is 5.14. The number of nitrogens with one attached hydrogen (secondary N) is 1. The van der Waals surface area contributed by atoms with Crippen molar-refractivity contribution in [1.29, 1.82) is 0 Å². The van der Waals surface area contributed by atoms with Crippen LogP contribution in [0.1, 0.15) is 30.4 Å². The number of hydrogen-bond acceptors (Lipinski definition) is 2. The molecule has 2 nitrogen and oxygen atoms in total. The lowest BCUT2D eigenvalue weighted by molar-refractivity contribution is -0.137. The fraction of sp³-hybridized carbons (Fsp3) is 0.571. The van der Waals surface area contributed by atoms with E-state index in [4.69, 9.17) is 5.73 Å². The molecule has 0 radical (unpaired) electrons. The highest BCUT2D eigenvalue weighted by Gasteiger charge is 2.30. The van der Waals surface area contributed by atoms with Crippen LogP contribution in [-0.2, 0) is 12.6 Å². The lowest BCUT2D eigenvalue weighted by Gasteiger charge is -2.22. The Morgan fingerprint density at radius 1 is 1.21 bits per heavy atom. The van der Waals surface area contributed by atoms with Crippen LogP contribution in [0, 0.1) is 5.92 Å². The number of aryl methyl sites for hydroxylation is 1. The van der Waals surface area contributed by atoms with Crippen molar-refractivity contribution >= 4 is 5.69 Å². The van der Waals surface area contributed by atoms with Crippen LogP contribution in [0.3, 0.4) is 0 Å². The van der Waals surface area contributed by atoms with Crippen molar-refractivity contribution in [3.63, 3.8) is 0 Å². The lowest BCUT2D eigenvalue weighted by Crippen LogP contribution is -2.27. The Hall–Kier alpha value is -1.23. The highest BCUT2D eigenvalue weighted by Crippen LogP contribution is 2.32.